The summed E-state index contributed by atoms with van der Waals surface area (Å²) < 4.78 is 11.0. The van der Waals surface area contributed by atoms with Crippen molar-refractivity contribution in [1.82, 2.24) is 15.5 Å². The van der Waals surface area contributed by atoms with Gasteiger partial charge in [0, 0.05) is 51.2 Å². The molecule has 2 fully saturated rings. The molecule has 6 nitrogen and oxygen atoms in total. The van der Waals surface area contributed by atoms with Gasteiger partial charge in [-0.3, -0.25) is 9.89 Å². The number of piperidine rings is 1. The molecule has 2 aliphatic rings. The van der Waals surface area contributed by atoms with E-state index < -0.39 is 0 Å². The molecular formula is C24H34N4O2. The van der Waals surface area contributed by atoms with Gasteiger partial charge in [0.15, 0.2) is 5.96 Å². The first kappa shape index (κ1) is 20.9. The molecule has 3 heterocycles. The Morgan fingerprint density at radius 2 is 2.07 bits per heavy atom. The van der Waals surface area contributed by atoms with E-state index in [4.69, 9.17) is 14.1 Å². The van der Waals surface area contributed by atoms with Crippen LogP contribution in [0.2, 0.25) is 0 Å². The van der Waals surface area contributed by atoms with Gasteiger partial charge in [-0.15, -0.1) is 0 Å². The van der Waals surface area contributed by atoms with Gasteiger partial charge in [0.2, 0.25) is 0 Å². The number of guanidine groups is 1. The minimum Gasteiger partial charge on any atom is -0.469 e. The summed E-state index contributed by atoms with van der Waals surface area (Å²) in [7, 11) is 0. The minimum atomic E-state index is 0.414. The van der Waals surface area contributed by atoms with Crippen molar-refractivity contribution >= 4 is 5.96 Å². The van der Waals surface area contributed by atoms with E-state index in [0.717, 1.165) is 70.5 Å². The maximum atomic E-state index is 5.51. The predicted molar refractivity (Wildman–Crippen MR) is 120 cm³/mol. The number of benzene rings is 1. The molecule has 2 N–H and O–H groups in total. The number of rotatable bonds is 8. The second-order valence-corrected chi connectivity index (χ2v) is 8.38. The van der Waals surface area contributed by atoms with Crippen molar-refractivity contribution in [3.63, 3.8) is 0 Å². The lowest BCUT2D eigenvalue weighted by molar-refractivity contribution is 0.186. The van der Waals surface area contributed by atoms with Crippen LogP contribution in [-0.4, -0.2) is 56.3 Å². The molecule has 0 aliphatic carbocycles. The highest BCUT2D eigenvalue weighted by molar-refractivity contribution is 5.80. The maximum absolute atomic E-state index is 5.51. The third kappa shape index (κ3) is 6.61. The van der Waals surface area contributed by atoms with Crippen LogP contribution in [0.3, 0.4) is 0 Å². The third-order valence-electron chi connectivity index (χ3n) is 5.87. The molecule has 2 saturated heterocycles. The minimum absolute atomic E-state index is 0.414. The highest BCUT2D eigenvalue weighted by Gasteiger charge is 2.21. The highest BCUT2D eigenvalue weighted by Crippen LogP contribution is 2.15. The summed E-state index contributed by atoms with van der Waals surface area (Å²) in [5.41, 5.74) is 1.38. The van der Waals surface area contributed by atoms with Crippen LogP contribution in [-0.2, 0) is 17.7 Å². The zero-order valence-corrected chi connectivity index (χ0v) is 17.8. The highest BCUT2D eigenvalue weighted by atomic mass is 16.5. The van der Waals surface area contributed by atoms with Crippen LogP contribution in [0.25, 0.3) is 0 Å². The SMILES string of the molecule is c1ccc(CN2CCCC(NC(=NCC3CCOC3)NCCc3ccco3)C2)cc1. The second kappa shape index (κ2) is 11.2. The zero-order valence-electron chi connectivity index (χ0n) is 17.8. The van der Waals surface area contributed by atoms with Crippen LogP contribution in [0.5, 0.6) is 0 Å². The Morgan fingerprint density at radius 3 is 2.87 bits per heavy atom. The molecule has 0 spiro atoms. The van der Waals surface area contributed by atoms with E-state index in [9.17, 15) is 0 Å². The lowest BCUT2D eigenvalue weighted by Crippen LogP contribution is -2.51. The molecule has 1 aromatic carbocycles. The molecule has 0 amide bonds. The lowest BCUT2D eigenvalue weighted by Gasteiger charge is -2.34. The van der Waals surface area contributed by atoms with E-state index >= 15 is 0 Å². The van der Waals surface area contributed by atoms with E-state index in [1.807, 2.05) is 12.1 Å². The maximum Gasteiger partial charge on any atom is 0.191 e. The van der Waals surface area contributed by atoms with E-state index in [1.165, 1.54) is 18.4 Å². The molecule has 6 heteroatoms. The summed E-state index contributed by atoms with van der Waals surface area (Å²) in [4.78, 5) is 7.44. The van der Waals surface area contributed by atoms with Gasteiger partial charge in [-0.2, -0.15) is 0 Å². The van der Waals surface area contributed by atoms with Crippen LogP contribution in [0.4, 0.5) is 0 Å². The number of nitrogens with zero attached hydrogens (tertiary/aromatic N) is 2. The first-order chi connectivity index (χ1) is 14.8. The van der Waals surface area contributed by atoms with Crippen LogP contribution in [0.15, 0.2) is 58.1 Å². The second-order valence-electron chi connectivity index (χ2n) is 8.38. The fourth-order valence-electron chi connectivity index (χ4n) is 4.21. The Balaban J connectivity index is 1.31. The fraction of sp³-hybridized carbons (Fsp3) is 0.542. The van der Waals surface area contributed by atoms with Gasteiger partial charge in [0.25, 0.3) is 0 Å². The van der Waals surface area contributed by atoms with E-state index in [1.54, 1.807) is 6.26 Å². The number of aliphatic imine (C=N–C) groups is 1. The summed E-state index contributed by atoms with van der Waals surface area (Å²) in [6.07, 6.45) is 6.08. The van der Waals surface area contributed by atoms with Gasteiger partial charge < -0.3 is 19.8 Å². The number of likely N-dealkylation sites (tertiary alicyclic amines) is 1. The molecule has 2 aliphatic heterocycles. The van der Waals surface area contributed by atoms with Crippen LogP contribution in [0, 0.1) is 5.92 Å². The van der Waals surface area contributed by atoms with Gasteiger partial charge in [-0.25, -0.2) is 0 Å². The molecule has 0 bridgehead atoms. The number of nitrogens with one attached hydrogen (secondary N) is 2. The van der Waals surface area contributed by atoms with Gasteiger partial charge in [-0.05, 0) is 43.5 Å². The van der Waals surface area contributed by atoms with Gasteiger partial charge in [0.1, 0.15) is 5.76 Å². The summed E-state index contributed by atoms with van der Waals surface area (Å²) >= 11 is 0. The van der Waals surface area contributed by atoms with Crippen molar-refractivity contribution in [2.45, 2.75) is 38.3 Å². The van der Waals surface area contributed by atoms with Crippen molar-refractivity contribution in [3.8, 4) is 0 Å². The van der Waals surface area contributed by atoms with Crippen molar-refractivity contribution in [2.24, 2.45) is 10.9 Å². The number of ether oxygens (including phenoxy) is 1. The summed E-state index contributed by atoms with van der Waals surface area (Å²) in [5, 5.41) is 7.21. The Bertz CT molecular complexity index is 757. The quantitative estimate of drug-likeness (QED) is 0.517. The first-order valence-electron chi connectivity index (χ1n) is 11.3. The summed E-state index contributed by atoms with van der Waals surface area (Å²) in [6, 6.07) is 15.1. The largest absolute Gasteiger partial charge is 0.469 e. The average Bonchev–Trinajstić information content (AvgIpc) is 3.47. The van der Waals surface area contributed by atoms with Crippen LogP contribution in [0.1, 0.15) is 30.6 Å². The van der Waals surface area contributed by atoms with Crippen LogP contribution >= 0.6 is 0 Å². The lowest BCUT2D eigenvalue weighted by atomic mass is 10.0. The topological polar surface area (TPSA) is 62.0 Å². The monoisotopic (exact) mass is 410 g/mol. The third-order valence-corrected chi connectivity index (χ3v) is 5.87. The van der Waals surface area contributed by atoms with Crippen molar-refractivity contribution < 1.29 is 9.15 Å². The predicted octanol–water partition coefficient (Wildman–Crippen LogP) is 3.06. The fourth-order valence-corrected chi connectivity index (χ4v) is 4.21. The van der Waals surface area contributed by atoms with Crippen molar-refractivity contribution in [3.05, 3.63) is 60.1 Å². The summed E-state index contributed by atoms with van der Waals surface area (Å²) in [5.74, 6) is 2.45. The van der Waals surface area contributed by atoms with Gasteiger partial charge in [0.05, 0.1) is 12.9 Å². The molecule has 30 heavy (non-hydrogen) atoms. The smallest absolute Gasteiger partial charge is 0.191 e. The normalized spacial score (nSPS) is 22.9. The number of furan rings is 1. The number of hydrogen-bond acceptors (Lipinski definition) is 4. The molecule has 1 aromatic heterocycles. The van der Waals surface area contributed by atoms with E-state index in [2.05, 4.69) is 45.9 Å². The van der Waals surface area contributed by atoms with Gasteiger partial charge >= 0.3 is 0 Å². The Kier molecular flexibility index (Phi) is 7.81. The molecule has 2 aromatic rings. The Hall–Kier alpha value is -2.31. The number of hydrogen-bond donors (Lipinski definition) is 2. The van der Waals surface area contributed by atoms with Crippen molar-refractivity contribution in [2.75, 3.05) is 39.4 Å². The molecule has 0 radical (unpaired) electrons. The first-order valence-corrected chi connectivity index (χ1v) is 11.3. The van der Waals surface area contributed by atoms with Crippen molar-refractivity contribution in [1.29, 1.82) is 0 Å². The average molecular weight is 411 g/mol. The van der Waals surface area contributed by atoms with E-state index in [0.29, 0.717) is 12.0 Å². The Morgan fingerprint density at radius 1 is 1.13 bits per heavy atom. The molecule has 4 rings (SSSR count). The summed E-state index contributed by atoms with van der Waals surface area (Å²) in [6.45, 7) is 6.53. The molecule has 162 valence electrons. The Labute approximate surface area is 179 Å². The molecule has 2 atom stereocenters. The molecular weight excluding hydrogens is 376 g/mol. The molecule has 2 unspecified atom stereocenters. The zero-order chi connectivity index (χ0) is 20.4. The standard InChI is InChI=1S/C24H34N4O2/c1-2-6-20(7-3-1)17-28-13-4-8-22(18-28)27-24(26-16-21-11-15-29-19-21)25-12-10-23-9-5-14-30-23/h1-3,5-7,9,14,21-22H,4,8,10-13,15-19H2,(H2,25,26,27). The molecule has 0 saturated carbocycles. The van der Waals surface area contributed by atoms with E-state index in [-0.39, 0.29) is 0 Å². The van der Waals surface area contributed by atoms with Crippen LogP contribution < -0.4 is 10.6 Å². The van der Waals surface area contributed by atoms with Gasteiger partial charge in [-0.1, -0.05) is 30.3 Å².